The fourth-order valence-corrected chi connectivity index (χ4v) is 3.69. The van der Waals surface area contributed by atoms with Crippen LogP contribution in [0.4, 0.5) is 0 Å². The van der Waals surface area contributed by atoms with Crippen molar-refractivity contribution in [2.75, 3.05) is 13.6 Å². The molecule has 6 heteroatoms. The molecule has 0 fully saturated rings. The molecule has 3 nitrogen and oxygen atoms in total. The Morgan fingerprint density at radius 2 is 2.21 bits per heavy atom. The number of hydrogen-bond acceptors (Lipinski definition) is 5. The first-order valence-electron chi connectivity index (χ1n) is 6.24. The molecule has 2 rings (SSSR count). The molecule has 0 amide bonds. The Balaban J connectivity index is 1.84. The summed E-state index contributed by atoms with van der Waals surface area (Å²) in [4.78, 5) is 8.17. The van der Waals surface area contributed by atoms with E-state index >= 15 is 0 Å². The molecule has 0 aliphatic carbocycles. The molecule has 0 aliphatic rings. The van der Waals surface area contributed by atoms with Gasteiger partial charge in [0.25, 0.3) is 0 Å². The highest BCUT2D eigenvalue weighted by molar-refractivity contribution is 7.16. The van der Waals surface area contributed by atoms with Crippen LogP contribution in [0.1, 0.15) is 22.5 Å². The first kappa shape index (κ1) is 14.9. The highest BCUT2D eigenvalue weighted by atomic mass is 35.5. The summed E-state index contributed by atoms with van der Waals surface area (Å²) in [5.41, 5.74) is 1.14. The van der Waals surface area contributed by atoms with Crippen LogP contribution in [0.2, 0.25) is 4.34 Å². The van der Waals surface area contributed by atoms with Gasteiger partial charge in [0.05, 0.1) is 10.0 Å². The van der Waals surface area contributed by atoms with E-state index in [9.17, 15) is 0 Å². The van der Waals surface area contributed by atoms with Gasteiger partial charge in [-0.3, -0.25) is 4.90 Å². The van der Waals surface area contributed by atoms with Crippen molar-refractivity contribution in [1.82, 2.24) is 15.2 Å². The largest absolute Gasteiger partial charge is 0.311 e. The van der Waals surface area contributed by atoms with Gasteiger partial charge in [0, 0.05) is 29.9 Å². The number of nitrogens with zero attached hydrogens (tertiary/aromatic N) is 2. The number of aromatic nitrogens is 1. The highest BCUT2D eigenvalue weighted by Crippen LogP contribution is 2.23. The molecule has 0 saturated heterocycles. The molecule has 0 unspecified atom stereocenters. The van der Waals surface area contributed by atoms with E-state index in [1.165, 1.54) is 4.88 Å². The van der Waals surface area contributed by atoms with Crippen molar-refractivity contribution in [3.05, 3.63) is 37.4 Å². The molecular formula is C13H18ClN3S2. The summed E-state index contributed by atoms with van der Waals surface area (Å²) in [6, 6.07) is 4.04. The van der Waals surface area contributed by atoms with Gasteiger partial charge < -0.3 is 5.32 Å². The smallest absolute Gasteiger partial charge is 0.107 e. The third-order valence-corrected chi connectivity index (χ3v) is 4.73. The molecule has 0 radical (unpaired) electrons. The Hall–Kier alpha value is -0.460. The number of halogens is 1. The molecule has 0 aliphatic heterocycles. The van der Waals surface area contributed by atoms with Crippen molar-refractivity contribution in [2.45, 2.75) is 26.6 Å². The molecule has 2 aromatic rings. The lowest BCUT2D eigenvalue weighted by molar-refractivity contribution is 0.318. The van der Waals surface area contributed by atoms with Gasteiger partial charge in [-0.05, 0) is 25.7 Å². The highest BCUT2D eigenvalue weighted by Gasteiger charge is 2.07. The molecule has 0 saturated carbocycles. The molecule has 1 N–H and O–H groups in total. The molecule has 2 aromatic heterocycles. The summed E-state index contributed by atoms with van der Waals surface area (Å²) in [6.07, 6.45) is 0. The Labute approximate surface area is 127 Å². The second-order valence-corrected chi connectivity index (χ2v) is 7.13. The topological polar surface area (TPSA) is 28.2 Å². The molecule has 104 valence electrons. The maximum atomic E-state index is 5.94. The van der Waals surface area contributed by atoms with Crippen molar-refractivity contribution in [3.63, 3.8) is 0 Å². The SMILES string of the molecule is CCNCc1nc(CN(C)Cc2ccc(Cl)s2)cs1. The van der Waals surface area contributed by atoms with Gasteiger partial charge >= 0.3 is 0 Å². The predicted octanol–water partition coefficient (Wildman–Crippen LogP) is 3.60. The van der Waals surface area contributed by atoms with Gasteiger partial charge in [0.15, 0.2) is 0 Å². The van der Waals surface area contributed by atoms with Gasteiger partial charge in [0.1, 0.15) is 5.01 Å². The number of nitrogens with one attached hydrogen (secondary N) is 1. The minimum absolute atomic E-state index is 0.852. The van der Waals surface area contributed by atoms with E-state index in [1.807, 2.05) is 6.07 Å². The van der Waals surface area contributed by atoms with Crippen molar-refractivity contribution < 1.29 is 0 Å². The van der Waals surface area contributed by atoms with Crippen LogP contribution in [0.5, 0.6) is 0 Å². The molecule has 0 bridgehead atoms. The van der Waals surface area contributed by atoms with Crippen molar-refractivity contribution >= 4 is 34.3 Å². The summed E-state index contributed by atoms with van der Waals surface area (Å²) in [7, 11) is 2.11. The summed E-state index contributed by atoms with van der Waals surface area (Å²) in [5, 5.41) is 6.60. The van der Waals surface area contributed by atoms with E-state index in [2.05, 4.69) is 40.6 Å². The van der Waals surface area contributed by atoms with Crippen LogP contribution in [0.25, 0.3) is 0 Å². The molecule has 0 atom stereocenters. The Bertz CT molecular complexity index is 509. The lowest BCUT2D eigenvalue weighted by Gasteiger charge is -2.13. The van der Waals surface area contributed by atoms with Crippen molar-refractivity contribution in [3.8, 4) is 0 Å². The zero-order valence-electron chi connectivity index (χ0n) is 11.1. The fraction of sp³-hybridized carbons (Fsp3) is 0.462. The first-order valence-corrected chi connectivity index (χ1v) is 8.31. The number of thiazole rings is 1. The van der Waals surface area contributed by atoms with Crippen molar-refractivity contribution in [2.24, 2.45) is 0 Å². The van der Waals surface area contributed by atoms with Crippen molar-refractivity contribution in [1.29, 1.82) is 0 Å². The maximum Gasteiger partial charge on any atom is 0.107 e. The molecule has 0 aromatic carbocycles. The van der Waals surface area contributed by atoms with Gasteiger partial charge in [-0.15, -0.1) is 22.7 Å². The minimum atomic E-state index is 0.852. The first-order chi connectivity index (χ1) is 9.17. The third kappa shape index (κ3) is 4.85. The summed E-state index contributed by atoms with van der Waals surface area (Å²) < 4.78 is 0.852. The number of thiophene rings is 1. The molecular weight excluding hydrogens is 298 g/mol. The van der Waals surface area contributed by atoms with Gasteiger partial charge in [0.2, 0.25) is 0 Å². The van der Waals surface area contributed by atoms with E-state index in [1.54, 1.807) is 22.7 Å². The lowest BCUT2D eigenvalue weighted by atomic mass is 10.4. The van der Waals surface area contributed by atoms with Crippen LogP contribution >= 0.6 is 34.3 Å². The number of rotatable bonds is 7. The predicted molar refractivity (Wildman–Crippen MR) is 84.0 cm³/mol. The number of hydrogen-bond donors (Lipinski definition) is 1. The van der Waals surface area contributed by atoms with Crippen LogP contribution in [-0.2, 0) is 19.6 Å². The van der Waals surface area contributed by atoms with E-state index < -0.39 is 0 Å². The second-order valence-electron chi connectivity index (χ2n) is 4.39. The van der Waals surface area contributed by atoms with Crippen LogP contribution in [0.15, 0.2) is 17.5 Å². The summed E-state index contributed by atoms with van der Waals surface area (Å²) in [5.74, 6) is 0. The van der Waals surface area contributed by atoms with E-state index in [4.69, 9.17) is 11.6 Å². The molecule has 19 heavy (non-hydrogen) atoms. The quantitative estimate of drug-likeness (QED) is 0.846. The minimum Gasteiger partial charge on any atom is -0.311 e. The Morgan fingerprint density at radius 1 is 1.37 bits per heavy atom. The molecule has 2 heterocycles. The zero-order chi connectivity index (χ0) is 13.7. The Kier molecular flexibility index (Phi) is 5.78. The van der Waals surface area contributed by atoms with E-state index in [0.717, 1.165) is 41.2 Å². The van der Waals surface area contributed by atoms with Crippen LogP contribution in [0.3, 0.4) is 0 Å². The van der Waals surface area contributed by atoms with Gasteiger partial charge in [-0.1, -0.05) is 18.5 Å². The van der Waals surface area contributed by atoms with Crippen LogP contribution in [-0.4, -0.2) is 23.5 Å². The van der Waals surface area contributed by atoms with E-state index in [0.29, 0.717) is 0 Å². The van der Waals surface area contributed by atoms with E-state index in [-0.39, 0.29) is 0 Å². The lowest BCUT2D eigenvalue weighted by Crippen LogP contribution is -2.17. The average molecular weight is 316 g/mol. The second kappa shape index (κ2) is 7.36. The molecule has 0 spiro atoms. The fourth-order valence-electron chi connectivity index (χ4n) is 1.77. The normalized spacial score (nSPS) is 11.4. The van der Waals surface area contributed by atoms with Gasteiger partial charge in [-0.25, -0.2) is 4.98 Å². The zero-order valence-corrected chi connectivity index (χ0v) is 13.5. The van der Waals surface area contributed by atoms with Gasteiger partial charge in [-0.2, -0.15) is 0 Å². The average Bonchev–Trinajstić information content (AvgIpc) is 2.96. The summed E-state index contributed by atoms with van der Waals surface area (Å²) >= 11 is 9.30. The monoisotopic (exact) mass is 315 g/mol. The Morgan fingerprint density at radius 3 is 2.89 bits per heavy atom. The maximum absolute atomic E-state index is 5.94. The van der Waals surface area contributed by atoms with Crippen LogP contribution < -0.4 is 5.32 Å². The van der Waals surface area contributed by atoms with Crippen LogP contribution in [0, 0.1) is 0 Å². The summed E-state index contributed by atoms with van der Waals surface area (Å²) in [6.45, 7) is 5.74. The standard InChI is InChI=1S/C13H18ClN3S2/c1-3-15-6-13-16-10(9-18-13)7-17(2)8-11-4-5-12(14)19-11/h4-5,9,15H,3,6-8H2,1-2H3. The third-order valence-electron chi connectivity index (χ3n) is 2.61.